The Morgan fingerprint density at radius 2 is 1.97 bits per heavy atom. The van der Waals surface area contributed by atoms with Crippen molar-refractivity contribution < 1.29 is 14.3 Å². The van der Waals surface area contributed by atoms with Gasteiger partial charge >= 0.3 is 5.97 Å². The standard InChI is InChI=1S/C26H35NO3S/c1-6-10-19-13-14-21(18-11-8-7-9-12-18)27(24(19)28)22-17-20(15-16-26(2,3)4)31-23(22)25(29)30-5/h6,17-19,21H,1,7-14H2,2-5H3/t19-,21?/m1/s1. The van der Waals surface area contributed by atoms with E-state index in [0.717, 1.165) is 30.6 Å². The van der Waals surface area contributed by atoms with Gasteiger partial charge in [0.05, 0.1) is 17.7 Å². The van der Waals surface area contributed by atoms with Gasteiger partial charge in [0.25, 0.3) is 0 Å². The van der Waals surface area contributed by atoms with Gasteiger partial charge in [-0.3, -0.25) is 4.79 Å². The van der Waals surface area contributed by atoms with Crippen molar-refractivity contribution in [1.82, 2.24) is 0 Å². The van der Waals surface area contributed by atoms with Crippen LogP contribution in [0.1, 0.15) is 86.7 Å². The summed E-state index contributed by atoms with van der Waals surface area (Å²) in [6.07, 6.45) is 10.4. The van der Waals surface area contributed by atoms with Crippen LogP contribution in [-0.2, 0) is 9.53 Å². The number of methoxy groups -OCH3 is 1. The average molecular weight is 442 g/mol. The Morgan fingerprint density at radius 1 is 1.26 bits per heavy atom. The molecule has 4 nitrogen and oxygen atoms in total. The van der Waals surface area contributed by atoms with E-state index in [0.29, 0.717) is 22.9 Å². The summed E-state index contributed by atoms with van der Waals surface area (Å²) in [6.45, 7) is 10.0. The van der Waals surface area contributed by atoms with E-state index in [-0.39, 0.29) is 23.3 Å². The molecular formula is C26H35NO3S. The van der Waals surface area contributed by atoms with E-state index in [2.05, 4.69) is 39.2 Å². The molecule has 0 radical (unpaired) electrons. The predicted octanol–water partition coefficient (Wildman–Crippen LogP) is 6.20. The molecule has 2 heterocycles. The van der Waals surface area contributed by atoms with E-state index in [9.17, 15) is 9.59 Å². The van der Waals surface area contributed by atoms with Crippen LogP contribution in [0, 0.1) is 29.1 Å². The number of thiophene rings is 1. The lowest BCUT2D eigenvalue weighted by Crippen LogP contribution is -2.52. The highest BCUT2D eigenvalue weighted by Crippen LogP contribution is 2.42. The molecule has 0 N–H and O–H groups in total. The van der Waals surface area contributed by atoms with Gasteiger partial charge in [0.1, 0.15) is 4.88 Å². The lowest BCUT2D eigenvalue weighted by Gasteiger charge is -2.44. The zero-order chi connectivity index (χ0) is 22.6. The fraction of sp³-hybridized carbons (Fsp3) is 0.615. The van der Waals surface area contributed by atoms with Crippen LogP contribution in [0.25, 0.3) is 0 Å². The van der Waals surface area contributed by atoms with Crippen molar-refractivity contribution in [3.63, 3.8) is 0 Å². The zero-order valence-electron chi connectivity index (χ0n) is 19.3. The third-order valence-corrected chi connectivity index (χ3v) is 7.30. The molecule has 3 rings (SSSR count). The van der Waals surface area contributed by atoms with E-state index >= 15 is 0 Å². The van der Waals surface area contributed by atoms with Crippen molar-refractivity contribution in [1.29, 1.82) is 0 Å². The maximum Gasteiger partial charge on any atom is 0.350 e. The van der Waals surface area contributed by atoms with Crippen LogP contribution in [0.3, 0.4) is 0 Å². The average Bonchev–Trinajstić information content (AvgIpc) is 3.17. The van der Waals surface area contributed by atoms with Gasteiger partial charge in [-0.25, -0.2) is 4.79 Å². The van der Waals surface area contributed by atoms with Crippen LogP contribution in [0.4, 0.5) is 5.69 Å². The maximum absolute atomic E-state index is 13.7. The SMILES string of the molecule is C=CC[C@@H]1CCC(C2CCCCC2)N(c2cc(C#CC(C)(C)C)sc2C(=O)OC)C1=O. The number of nitrogens with zero attached hydrogens (tertiary/aromatic N) is 1. The maximum atomic E-state index is 13.7. The molecule has 168 valence electrons. The molecule has 1 aliphatic carbocycles. The van der Waals surface area contributed by atoms with Gasteiger partial charge in [-0.2, -0.15) is 0 Å². The molecule has 5 heteroatoms. The molecular weight excluding hydrogens is 406 g/mol. The lowest BCUT2D eigenvalue weighted by molar-refractivity contribution is -0.125. The fourth-order valence-corrected chi connectivity index (χ4v) is 5.70. The van der Waals surface area contributed by atoms with Gasteiger partial charge < -0.3 is 9.64 Å². The Balaban J connectivity index is 2.06. The third kappa shape index (κ3) is 5.60. The number of esters is 1. The van der Waals surface area contributed by atoms with E-state index in [1.807, 2.05) is 17.0 Å². The summed E-state index contributed by atoms with van der Waals surface area (Å²) in [5, 5.41) is 0. The summed E-state index contributed by atoms with van der Waals surface area (Å²) in [4.78, 5) is 29.5. The molecule has 2 atom stereocenters. The number of hydrogen-bond acceptors (Lipinski definition) is 4. The number of amides is 1. The Labute approximate surface area is 191 Å². The van der Waals surface area contributed by atoms with Gasteiger partial charge in [0.15, 0.2) is 0 Å². The Hall–Kier alpha value is -2.06. The second-order valence-corrected chi connectivity index (χ2v) is 10.8. The number of piperidine rings is 1. The van der Waals surface area contributed by atoms with Crippen LogP contribution in [0.15, 0.2) is 18.7 Å². The smallest absolute Gasteiger partial charge is 0.350 e. The summed E-state index contributed by atoms with van der Waals surface area (Å²) >= 11 is 1.33. The van der Waals surface area contributed by atoms with E-state index in [4.69, 9.17) is 4.74 Å². The molecule has 1 amide bonds. The van der Waals surface area contributed by atoms with E-state index in [1.165, 1.54) is 37.7 Å². The quantitative estimate of drug-likeness (QED) is 0.310. The second kappa shape index (κ2) is 10.0. The fourth-order valence-electron chi connectivity index (χ4n) is 4.78. The number of anilines is 1. The molecule has 31 heavy (non-hydrogen) atoms. The minimum Gasteiger partial charge on any atom is -0.465 e. The minimum absolute atomic E-state index is 0.0770. The Morgan fingerprint density at radius 3 is 2.58 bits per heavy atom. The van der Waals surface area contributed by atoms with Crippen LogP contribution in [-0.4, -0.2) is 25.0 Å². The molecule has 1 aromatic rings. The van der Waals surface area contributed by atoms with Crippen LogP contribution < -0.4 is 4.90 Å². The number of carbonyl (C=O) groups excluding carboxylic acids is 2. The van der Waals surface area contributed by atoms with Crippen molar-refractivity contribution in [3.05, 3.63) is 28.5 Å². The zero-order valence-corrected chi connectivity index (χ0v) is 20.1. The highest BCUT2D eigenvalue weighted by atomic mass is 32.1. The van der Waals surface area contributed by atoms with Crippen LogP contribution in [0.5, 0.6) is 0 Å². The molecule has 1 saturated carbocycles. The topological polar surface area (TPSA) is 46.6 Å². The molecule has 1 saturated heterocycles. The molecule has 1 aliphatic heterocycles. The highest BCUT2D eigenvalue weighted by molar-refractivity contribution is 7.15. The molecule has 0 spiro atoms. The first-order valence-electron chi connectivity index (χ1n) is 11.4. The summed E-state index contributed by atoms with van der Waals surface area (Å²) < 4.78 is 5.09. The van der Waals surface area contributed by atoms with E-state index < -0.39 is 5.97 Å². The first-order chi connectivity index (χ1) is 14.7. The summed E-state index contributed by atoms with van der Waals surface area (Å²) in [7, 11) is 1.39. The molecule has 2 aliphatic rings. The minimum atomic E-state index is -0.398. The summed E-state index contributed by atoms with van der Waals surface area (Å²) in [5.74, 6) is 6.58. The second-order valence-electron chi connectivity index (χ2n) is 9.79. The summed E-state index contributed by atoms with van der Waals surface area (Å²) in [6, 6.07) is 2.06. The molecule has 1 aromatic heterocycles. The monoisotopic (exact) mass is 441 g/mol. The lowest BCUT2D eigenvalue weighted by atomic mass is 9.77. The van der Waals surface area contributed by atoms with Crippen molar-refractivity contribution >= 4 is 28.9 Å². The molecule has 0 aromatic carbocycles. The van der Waals surface area contributed by atoms with Crippen molar-refractivity contribution in [2.24, 2.45) is 17.3 Å². The van der Waals surface area contributed by atoms with Crippen molar-refractivity contribution in [2.75, 3.05) is 12.0 Å². The van der Waals surface area contributed by atoms with Gasteiger partial charge in [-0.15, -0.1) is 17.9 Å². The Kier molecular flexibility index (Phi) is 7.64. The predicted molar refractivity (Wildman–Crippen MR) is 127 cm³/mol. The molecule has 2 fully saturated rings. The van der Waals surface area contributed by atoms with Gasteiger partial charge in [-0.05, 0) is 64.9 Å². The Bertz CT molecular complexity index is 877. The normalized spacial score (nSPS) is 22.6. The van der Waals surface area contributed by atoms with Crippen LogP contribution in [0.2, 0.25) is 0 Å². The number of allylic oxidation sites excluding steroid dienone is 1. The third-order valence-electron chi connectivity index (χ3n) is 6.28. The first-order valence-corrected chi connectivity index (χ1v) is 12.3. The molecule has 0 bridgehead atoms. The number of ether oxygens (including phenoxy) is 1. The van der Waals surface area contributed by atoms with Gasteiger partial charge in [-0.1, -0.05) is 37.2 Å². The van der Waals surface area contributed by atoms with E-state index in [1.54, 1.807) is 0 Å². The highest BCUT2D eigenvalue weighted by Gasteiger charge is 2.41. The number of hydrogen-bond donors (Lipinski definition) is 0. The summed E-state index contributed by atoms with van der Waals surface area (Å²) in [5.41, 5.74) is 0.542. The first kappa shape index (κ1) is 23.6. The molecule has 1 unspecified atom stereocenters. The van der Waals surface area contributed by atoms with Gasteiger partial charge in [0.2, 0.25) is 5.91 Å². The van der Waals surface area contributed by atoms with Gasteiger partial charge in [0, 0.05) is 17.4 Å². The van der Waals surface area contributed by atoms with Crippen LogP contribution >= 0.6 is 11.3 Å². The number of carbonyl (C=O) groups is 2. The number of rotatable bonds is 5. The largest absolute Gasteiger partial charge is 0.465 e. The van der Waals surface area contributed by atoms with Crippen molar-refractivity contribution in [3.8, 4) is 11.8 Å². The van der Waals surface area contributed by atoms with Crippen molar-refractivity contribution in [2.45, 2.75) is 78.2 Å².